The molecule has 2 aliphatic heterocycles. The maximum Gasteiger partial charge on any atom is 0.290 e. The zero-order valence-electron chi connectivity index (χ0n) is 16.4. The third-order valence-electron chi connectivity index (χ3n) is 5.27. The molecule has 0 aliphatic carbocycles. The number of morpholine rings is 1. The molecule has 156 valence electrons. The highest BCUT2D eigenvalue weighted by molar-refractivity contribution is 6.14. The Morgan fingerprint density at radius 2 is 2.07 bits per heavy atom. The smallest absolute Gasteiger partial charge is 0.290 e. The molecule has 0 bridgehead atoms. The highest BCUT2D eigenvalue weighted by atomic mass is 16.5. The Kier molecular flexibility index (Phi) is 6.06. The zero-order chi connectivity index (χ0) is 20.9. The van der Waals surface area contributed by atoms with Crippen molar-refractivity contribution >= 4 is 17.8 Å². The second-order valence-electron chi connectivity index (χ2n) is 7.12. The number of amides is 1. The molecule has 2 aliphatic rings. The number of carbonyl (C=O) groups is 2. The van der Waals surface area contributed by atoms with Crippen LogP contribution in [0, 0.1) is 0 Å². The lowest BCUT2D eigenvalue weighted by Crippen LogP contribution is -2.43. The number of allylic oxidation sites excluding steroid dienone is 1. The van der Waals surface area contributed by atoms with E-state index < -0.39 is 23.5 Å². The minimum absolute atomic E-state index is 0.0535. The summed E-state index contributed by atoms with van der Waals surface area (Å²) in [6, 6.07) is 6.28. The quantitative estimate of drug-likeness (QED) is 0.699. The molecule has 1 saturated heterocycles. The molecular formula is C22H23N3O5. The first kappa shape index (κ1) is 20.1. The maximum atomic E-state index is 13.0. The fourth-order valence-corrected chi connectivity index (χ4v) is 3.73. The van der Waals surface area contributed by atoms with Gasteiger partial charge in [0.15, 0.2) is 11.5 Å². The zero-order valence-corrected chi connectivity index (χ0v) is 16.4. The molecule has 30 heavy (non-hydrogen) atoms. The number of ketones is 1. The van der Waals surface area contributed by atoms with E-state index in [1.807, 2.05) is 0 Å². The largest absolute Gasteiger partial charge is 0.503 e. The minimum Gasteiger partial charge on any atom is -0.503 e. The fraction of sp³-hybridized carbons (Fsp3) is 0.318. The number of ether oxygens (including phenoxy) is 1. The Hall–Kier alpha value is -3.23. The van der Waals surface area contributed by atoms with E-state index in [0.29, 0.717) is 37.6 Å². The summed E-state index contributed by atoms with van der Waals surface area (Å²) < 4.78 is 10.6. The predicted octanol–water partition coefficient (Wildman–Crippen LogP) is 1.98. The molecule has 2 aromatic rings. The molecule has 2 aromatic heterocycles. The van der Waals surface area contributed by atoms with Gasteiger partial charge in [-0.3, -0.25) is 19.5 Å². The number of aromatic nitrogens is 1. The van der Waals surface area contributed by atoms with Crippen LogP contribution in [0.2, 0.25) is 0 Å². The van der Waals surface area contributed by atoms with E-state index in [9.17, 15) is 14.7 Å². The van der Waals surface area contributed by atoms with Crippen molar-refractivity contribution < 1.29 is 23.8 Å². The number of carbonyl (C=O) groups excluding carboxylic acids is 2. The summed E-state index contributed by atoms with van der Waals surface area (Å²) >= 11 is 0. The molecule has 1 fully saturated rings. The molecule has 4 rings (SSSR count). The topological polar surface area (TPSA) is 96.1 Å². The predicted molar refractivity (Wildman–Crippen MR) is 108 cm³/mol. The Morgan fingerprint density at radius 3 is 2.77 bits per heavy atom. The van der Waals surface area contributed by atoms with Gasteiger partial charge in [-0.1, -0.05) is 6.07 Å². The normalized spacial score (nSPS) is 20.5. The molecule has 0 spiro atoms. The van der Waals surface area contributed by atoms with Gasteiger partial charge in [-0.05, 0) is 35.9 Å². The summed E-state index contributed by atoms with van der Waals surface area (Å²) in [5.74, 6) is -0.998. The Labute approximate surface area is 174 Å². The standard InChI is InChI=1S/C22H23N3O5/c26-18(6-5-17-4-2-12-30-17)19-20(16-3-1-7-23-15-16)25(22(28)21(19)27)9-8-24-10-13-29-14-11-24/h1-7,12,15,20,27H,8-11,13-14H2/b6-5+. The van der Waals surface area contributed by atoms with E-state index in [1.54, 1.807) is 36.7 Å². The molecular weight excluding hydrogens is 386 g/mol. The number of rotatable bonds is 7. The van der Waals surface area contributed by atoms with Gasteiger partial charge in [-0.2, -0.15) is 0 Å². The Bertz CT molecular complexity index is 946. The minimum atomic E-state index is -0.694. The number of aliphatic hydroxyl groups excluding tert-OH is 1. The molecule has 1 atom stereocenters. The summed E-state index contributed by atoms with van der Waals surface area (Å²) in [6.07, 6.45) is 7.57. The van der Waals surface area contributed by atoms with Gasteiger partial charge in [0.05, 0.1) is 31.1 Å². The number of nitrogens with zero attached hydrogens (tertiary/aromatic N) is 3. The van der Waals surface area contributed by atoms with Crippen LogP contribution in [0.4, 0.5) is 0 Å². The summed E-state index contributed by atoms with van der Waals surface area (Å²) in [4.78, 5) is 33.7. The first-order valence-corrected chi connectivity index (χ1v) is 9.85. The summed E-state index contributed by atoms with van der Waals surface area (Å²) in [6.45, 7) is 3.90. The van der Waals surface area contributed by atoms with Crippen LogP contribution in [0.5, 0.6) is 0 Å². The number of furan rings is 1. The van der Waals surface area contributed by atoms with Crippen LogP contribution in [-0.2, 0) is 14.3 Å². The lowest BCUT2D eigenvalue weighted by Gasteiger charge is -2.31. The summed E-state index contributed by atoms with van der Waals surface area (Å²) in [7, 11) is 0. The van der Waals surface area contributed by atoms with Crippen LogP contribution in [0.15, 0.2) is 64.7 Å². The average Bonchev–Trinajstić information content (AvgIpc) is 3.39. The highest BCUT2D eigenvalue weighted by Crippen LogP contribution is 2.37. The first-order chi connectivity index (χ1) is 14.6. The van der Waals surface area contributed by atoms with Gasteiger partial charge in [-0.25, -0.2) is 0 Å². The fourth-order valence-electron chi connectivity index (χ4n) is 3.73. The second-order valence-corrected chi connectivity index (χ2v) is 7.12. The molecule has 1 unspecified atom stereocenters. The summed E-state index contributed by atoms with van der Waals surface area (Å²) in [5.41, 5.74) is 0.726. The van der Waals surface area contributed by atoms with Gasteiger partial charge >= 0.3 is 0 Å². The molecule has 1 N–H and O–H groups in total. The molecule has 0 saturated carbocycles. The number of hydrogen-bond acceptors (Lipinski definition) is 7. The third kappa shape index (κ3) is 4.19. The number of hydrogen-bond donors (Lipinski definition) is 1. The first-order valence-electron chi connectivity index (χ1n) is 9.85. The highest BCUT2D eigenvalue weighted by Gasteiger charge is 2.42. The van der Waals surface area contributed by atoms with Crippen molar-refractivity contribution in [1.29, 1.82) is 0 Å². The van der Waals surface area contributed by atoms with Gasteiger partial charge in [0.25, 0.3) is 5.91 Å². The Balaban J connectivity index is 1.59. The van der Waals surface area contributed by atoms with Gasteiger partial charge < -0.3 is 19.2 Å². The van der Waals surface area contributed by atoms with E-state index in [2.05, 4.69) is 9.88 Å². The van der Waals surface area contributed by atoms with Crippen molar-refractivity contribution in [3.63, 3.8) is 0 Å². The molecule has 4 heterocycles. The van der Waals surface area contributed by atoms with E-state index in [0.717, 1.165) is 13.1 Å². The molecule has 1 amide bonds. The molecule has 0 aromatic carbocycles. The number of pyridine rings is 1. The van der Waals surface area contributed by atoms with Crippen molar-refractivity contribution in [1.82, 2.24) is 14.8 Å². The molecule has 8 heteroatoms. The van der Waals surface area contributed by atoms with Gasteiger partial charge in [0.1, 0.15) is 5.76 Å². The van der Waals surface area contributed by atoms with Crippen molar-refractivity contribution in [3.8, 4) is 0 Å². The van der Waals surface area contributed by atoms with E-state index in [4.69, 9.17) is 9.15 Å². The van der Waals surface area contributed by atoms with Crippen LogP contribution < -0.4 is 0 Å². The van der Waals surface area contributed by atoms with Crippen molar-refractivity contribution in [2.75, 3.05) is 39.4 Å². The van der Waals surface area contributed by atoms with E-state index in [-0.39, 0.29) is 5.57 Å². The van der Waals surface area contributed by atoms with Crippen molar-refractivity contribution in [2.24, 2.45) is 0 Å². The van der Waals surface area contributed by atoms with Gasteiger partial charge in [-0.15, -0.1) is 0 Å². The van der Waals surface area contributed by atoms with Crippen LogP contribution in [0.1, 0.15) is 17.4 Å². The van der Waals surface area contributed by atoms with Crippen LogP contribution >= 0.6 is 0 Å². The lowest BCUT2D eigenvalue weighted by atomic mass is 9.97. The average molecular weight is 409 g/mol. The second kappa shape index (κ2) is 9.06. The van der Waals surface area contributed by atoms with Crippen molar-refractivity contribution in [3.05, 3.63) is 71.7 Å². The van der Waals surface area contributed by atoms with Gasteiger partial charge in [0.2, 0.25) is 0 Å². The van der Waals surface area contributed by atoms with E-state index >= 15 is 0 Å². The van der Waals surface area contributed by atoms with Gasteiger partial charge in [0, 0.05) is 38.6 Å². The Morgan fingerprint density at radius 1 is 1.23 bits per heavy atom. The SMILES string of the molecule is O=C(/C=C/c1ccco1)C1=C(O)C(=O)N(CCN2CCOCC2)C1c1cccnc1. The lowest BCUT2D eigenvalue weighted by molar-refractivity contribution is -0.129. The summed E-state index contributed by atoms with van der Waals surface area (Å²) in [5, 5.41) is 10.6. The number of aliphatic hydroxyl groups is 1. The monoisotopic (exact) mass is 409 g/mol. The van der Waals surface area contributed by atoms with Crippen LogP contribution in [0.3, 0.4) is 0 Å². The third-order valence-corrected chi connectivity index (χ3v) is 5.27. The van der Waals surface area contributed by atoms with Crippen LogP contribution in [0.25, 0.3) is 6.08 Å². The van der Waals surface area contributed by atoms with E-state index in [1.165, 1.54) is 23.3 Å². The maximum absolute atomic E-state index is 13.0. The molecule has 0 radical (unpaired) electrons. The van der Waals surface area contributed by atoms with Crippen LogP contribution in [-0.4, -0.2) is 71.0 Å². The van der Waals surface area contributed by atoms with Crippen molar-refractivity contribution in [2.45, 2.75) is 6.04 Å². The molecule has 8 nitrogen and oxygen atoms in total.